The Balaban J connectivity index is 0.000000614. The smallest absolute Gasteiger partial charge is 0.231 e. The largest absolute Gasteiger partial charge is 0.361 e. The van der Waals surface area contributed by atoms with Gasteiger partial charge in [-0.15, -0.1) is 0 Å². The number of rotatable bonds is 3. The van der Waals surface area contributed by atoms with Crippen molar-refractivity contribution in [1.29, 1.82) is 0 Å². The van der Waals surface area contributed by atoms with Crippen LogP contribution in [0.2, 0.25) is 0 Å². The standard InChI is InChI=1S/C16H15N7.2C2H6/c1-23(2)15-13-14(19-9-18-13)21-16(22-15)20-11-5-6-12-10(8-11)4-3-7-17-12;2*1-2/h3-9H,1-2H3,(H2,18,19,20,21,22);2*1-2H3. The molecule has 0 bridgehead atoms. The number of fused-ring (bicyclic) bond motifs is 2. The molecule has 2 N–H and O–H groups in total. The quantitative estimate of drug-likeness (QED) is 0.544. The minimum atomic E-state index is 0.511. The Bertz CT molecular complexity index is 992. The number of hydrogen-bond donors (Lipinski definition) is 2. The molecule has 0 amide bonds. The van der Waals surface area contributed by atoms with E-state index in [1.807, 2.05) is 77.0 Å². The van der Waals surface area contributed by atoms with Crippen LogP contribution in [-0.4, -0.2) is 39.0 Å². The predicted octanol–water partition coefficient (Wildman–Crippen LogP) is 4.76. The second-order valence-electron chi connectivity index (χ2n) is 5.40. The molecule has 0 spiro atoms. The molecule has 0 saturated heterocycles. The molecule has 0 unspecified atom stereocenters. The molecule has 142 valence electrons. The number of aromatic amines is 1. The summed E-state index contributed by atoms with van der Waals surface area (Å²) in [5.41, 5.74) is 3.32. The zero-order valence-electron chi connectivity index (χ0n) is 16.8. The topological polar surface area (TPSA) is 82.6 Å². The van der Waals surface area contributed by atoms with E-state index in [-0.39, 0.29) is 0 Å². The molecule has 0 saturated carbocycles. The number of benzene rings is 1. The van der Waals surface area contributed by atoms with Crippen LogP contribution in [0.15, 0.2) is 42.9 Å². The lowest BCUT2D eigenvalue weighted by atomic mass is 10.2. The third-order valence-electron chi connectivity index (χ3n) is 3.55. The van der Waals surface area contributed by atoms with Crippen LogP contribution in [0.25, 0.3) is 22.1 Å². The SMILES string of the molecule is CC.CC.CN(C)c1nc(Nc2ccc3ncccc3c2)nc2nc[nH]c12. The van der Waals surface area contributed by atoms with Crippen molar-refractivity contribution >= 4 is 39.5 Å². The van der Waals surface area contributed by atoms with Crippen molar-refractivity contribution in [3.05, 3.63) is 42.9 Å². The summed E-state index contributed by atoms with van der Waals surface area (Å²) >= 11 is 0. The molecule has 27 heavy (non-hydrogen) atoms. The summed E-state index contributed by atoms with van der Waals surface area (Å²) in [6.45, 7) is 8.00. The fourth-order valence-electron chi connectivity index (χ4n) is 2.48. The van der Waals surface area contributed by atoms with E-state index in [1.54, 1.807) is 12.5 Å². The highest BCUT2D eigenvalue weighted by Crippen LogP contribution is 2.24. The van der Waals surface area contributed by atoms with E-state index in [4.69, 9.17) is 0 Å². The molecular formula is C20H27N7. The third kappa shape index (κ3) is 4.49. The molecule has 0 atom stereocenters. The Morgan fingerprint density at radius 3 is 2.48 bits per heavy atom. The van der Waals surface area contributed by atoms with Crippen LogP contribution < -0.4 is 10.2 Å². The van der Waals surface area contributed by atoms with Crippen molar-refractivity contribution in [3.63, 3.8) is 0 Å². The van der Waals surface area contributed by atoms with E-state index in [0.717, 1.165) is 27.9 Å². The van der Waals surface area contributed by atoms with Gasteiger partial charge in [0, 0.05) is 31.4 Å². The zero-order valence-corrected chi connectivity index (χ0v) is 16.8. The summed E-state index contributed by atoms with van der Waals surface area (Å²) in [6, 6.07) is 9.90. The molecule has 0 radical (unpaired) electrons. The first-order chi connectivity index (χ1) is 13.2. The molecule has 4 aromatic rings. The molecule has 3 heterocycles. The zero-order chi connectivity index (χ0) is 19.8. The molecule has 4 rings (SSSR count). The lowest BCUT2D eigenvalue weighted by Gasteiger charge is -2.13. The third-order valence-corrected chi connectivity index (χ3v) is 3.55. The number of aromatic nitrogens is 5. The van der Waals surface area contributed by atoms with Crippen LogP contribution >= 0.6 is 0 Å². The van der Waals surface area contributed by atoms with Crippen molar-refractivity contribution in [3.8, 4) is 0 Å². The maximum absolute atomic E-state index is 4.56. The lowest BCUT2D eigenvalue weighted by Crippen LogP contribution is -2.13. The monoisotopic (exact) mass is 365 g/mol. The van der Waals surface area contributed by atoms with Crippen molar-refractivity contribution in [1.82, 2.24) is 24.9 Å². The van der Waals surface area contributed by atoms with E-state index >= 15 is 0 Å². The molecule has 0 aliphatic heterocycles. The van der Waals surface area contributed by atoms with E-state index in [1.165, 1.54) is 0 Å². The minimum Gasteiger partial charge on any atom is -0.361 e. The first-order valence-electron chi connectivity index (χ1n) is 9.21. The fraction of sp³-hybridized carbons (Fsp3) is 0.300. The molecule has 0 fully saturated rings. The second-order valence-corrected chi connectivity index (χ2v) is 5.40. The summed E-state index contributed by atoms with van der Waals surface area (Å²) in [6.07, 6.45) is 3.41. The molecule has 3 aromatic heterocycles. The minimum absolute atomic E-state index is 0.511. The Kier molecular flexibility index (Phi) is 7.05. The maximum Gasteiger partial charge on any atom is 0.231 e. The van der Waals surface area contributed by atoms with E-state index in [9.17, 15) is 0 Å². The highest BCUT2D eigenvalue weighted by molar-refractivity contribution is 5.86. The Morgan fingerprint density at radius 1 is 0.963 bits per heavy atom. The summed E-state index contributed by atoms with van der Waals surface area (Å²) in [7, 11) is 3.88. The van der Waals surface area contributed by atoms with Gasteiger partial charge in [-0.3, -0.25) is 4.98 Å². The van der Waals surface area contributed by atoms with E-state index in [2.05, 4.69) is 30.2 Å². The van der Waals surface area contributed by atoms with Crippen LogP contribution in [0.5, 0.6) is 0 Å². The Hall–Kier alpha value is -3.22. The van der Waals surface area contributed by atoms with Gasteiger partial charge < -0.3 is 15.2 Å². The summed E-state index contributed by atoms with van der Waals surface area (Å²) in [4.78, 5) is 22.6. The van der Waals surface area contributed by atoms with Crippen LogP contribution in [0.1, 0.15) is 27.7 Å². The number of imidazole rings is 1. The molecule has 7 heteroatoms. The van der Waals surface area contributed by atoms with Gasteiger partial charge in [0.25, 0.3) is 0 Å². The maximum atomic E-state index is 4.56. The van der Waals surface area contributed by atoms with Crippen molar-refractivity contribution in [2.75, 3.05) is 24.3 Å². The van der Waals surface area contributed by atoms with Gasteiger partial charge in [-0.25, -0.2) is 4.98 Å². The highest BCUT2D eigenvalue weighted by atomic mass is 15.2. The van der Waals surface area contributed by atoms with Gasteiger partial charge in [0.15, 0.2) is 11.5 Å². The number of pyridine rings is 1. The van der Waals surface area contributed by atoms with Gasteiger partial charge in [-0.1, -0.05) is 33.8 Å². The number of H-pyrrole nitrogens is 1. The van der Waals surface area contributed by atoms with Gasteiger partial charge in [0.05, 0.1) is 11.8 Å². The average Bonchev–Trinajstić information content (AvgIpc) is 3.19. The van der Waals surface area contributed by atoms with Gasteiger partial charge in [0.2, 0.25) is 5.95 Å². The van der Waals surface area contributed by atoms with Gasteiger partial charge in [0.1, 0.15) is 5.52 Å². The normalized spacial score (nSPS) is 9.85. The molecule has 0 aliphatic rings. The number of nitrogens with zero attached hydrogens (tertiary/aromatic N) is 5. The lowest BCUT2D eigenvalue weighted by molar-refractivity contribution is 1.06. The highest BCUT2D eigenvalue weighted by Gasteiger charge is 2.11. The van der Waals surface area contributed by atoms with Crippen LogP contribution in [0, 0.1) is 0 Å². The van der Waals surface area contributed by atoms with E-state index < -0.39 is 0 Å². The fourth-order valence-corrected chi connectivity index (χ4v) is 2.48. The Labute approximate surface area is 159 Å². The number of nitrogens with one attached hydrogen (secondary N) is 2. The van der Waals surface area contributed by atoms with Gasteiger partial charge in [-0.05, 0) is 24.3 Å². The average molecular weight is 365 g/mol. The number of anilines is 3. The van der Waals surface area contributed by atoms with Crippen molar-refractivity contribution in [2.45, 2.75) is 27.7 Å². The van der Waals surface area contributed by atoms with Crippen molar-refractivity contribution < 1.29 is 0 Å². The second kappa shape index (κ2) is 9.47. The van der Waals surface area contributed by atoms with Crippen LogP contribution in [0.3, 0.4) is 0 Å². The van der Waals surface area contributed by atoms with E-state index in [0.29, 0.717) is 11.6 Å². The van der Waals surface area contributed by atoms with Gasteiger partial charge >= 0.3 is 0 Å². The van der Waals surface area contributed by atoms with Gasteiger partial charge in [-0.2, -0.15) is 9.97 Å². The van der Waals surface area contributed by atoms with Crippen molar-refractivity contribution in [2.24, 2.45) is 0 Å². The summed E-state index contributed by atoms with van der Waals surface area (Å²) in [5, 5.41) is 4.30. The van der Waals surface area contributed by atoms with Crippen LogP contribution in [0.4, 0.5) is 17.5 Å². The molecule has 7 nitrogen and oxygen atoms in total. The molecular weight excluding hydrogens is 338 g/mol. The molecule has 0 aliphatic carbocycles. The summed E-state index contributed by atoms with van der Waals surface area (Å²) < 4.78 is 0. The Morgan fingerprint density at radius 2 is 1.74 bits per heavy atom. The number of hydrogen-bond acceptors (Lipinski definition) is 6. The predicted molar refractivity (Wildman–Crippen MR) is 114 cm³/mol. The van der Waals surface area contributed by atoms with Crippen LogP contribution in [-0.2, 0) is 0 Å². The molecule has 1 aromatic carbocycles. The first kappa shape index (κ1) is 20.1. The first-order valence-corrected chi connectivity index (χ1v) is 9.21. The summed E-state index contributed by atoms with van der Waals surface area (Å²) in [5.74, 6) is 1.30.